The Balaban J connectivity index is 1.62. The molecule has 5 nitrogen and oxygen atoms in total. The van der Waals surface area contributed by atoms with E-state index in [1.54, 1.807) is 7.11 Å². The second-order valence-corrected chi connectivity index (χ2v) is 6.94. The molecule has 2 aromatic rings. The number of rotatable bonds is 8. The molecule has 0 aliphatic heterocycles. The van der Waals surface area contributed by atoms with Crippen LogP contribution < -0.4 is 4.74 Å². The molecule has 0 amide bonds. The average molecular weight is 343 g/mol. The lowest BCUT2D eigenvalue weighted by Gasteiger charge is -2.36. The molecule has 0 spiro atoms. The van der Waals surface area contributed by atoms with Crippen LogP contribution in [0.25, 0.3) is 0 Å². The first-order valence-electron chi connectivity index (χ1n) is 9.25. The Labute approximate surface area is 150 Å². The van der Waals surface area contributed by atoms with E-state index >= 15 is 0 Å². The zero-order valence-corrected chi connectivity index (χ0v) is 15.1. The average Bonchev–Trinajstić information content (AvgIpc) is 3.15. The minimum Gasteiger partial charge on any atom is -0.497 e. The van der Waals surface area contributed by atoms with E-state index in [0.717, 1.165) is 57.5 Å². The summed E-state index contributed by atoms with van der Waals surface area (Å²) in [5.41, 5.74) is 1.29. The van der Waals surface area contributed by atoms with E-state index in [2.05, 4.69) is 32.7 Å². The number of nitrogens with zero attached hydrogens (tertiary/aromatic N) is 3. The molecule has 136 valence electrons. The van der Waals surface area contributed by atoms with Crippen molar-refractivity contribution in [1.29, 1.82) is 0 Å². The number of aliphatic hydroxyl groups is 1. The zero-order valence-electron chi connectivity index (χ0n) is 15.1. The third kappa shape index (κ3) is 5.31. The smallest absolute Gasteiger partial charge is 0.119 e. The van der Waals surface area contributed by atoms with Gasteiger partial charge in [-0.25, -0.2) is 4.98 Å². The number of benzene rings is 1. The Hall–Kier alpha value is -1.85. The minimum absolute atomic E-state index is 0.110. The van der Waals surface area contributed by atoms with Gasteiger partial charge < -0.3 is 14.4 Å². The minimum atomic E-state index is -0.110. The standard InChI is InChI=1S/C20H29N3O2/c1-25-20-5-2-4-17(14-20)15-23(18-6-8-19(24)9-7-18)12-3-11-22-13-10-21-16-22/h2,4-5,10,13-14,16,18-19,24H,3,6-9,11-12,15H2,1H3. The lowest BCUT2D eigenvalue weighted by molar-refractivity contribution is 0.0690. The van der Waals surface area contributed by atoms with Crippen LogP contribution in [0, 0.1) is 0 Å². The molecule has 1 aromatic heterocycles. The summed E-state index contributed by atoms with van der Waals surface area (Å²) < 4.78 is 7.50. The second kappa shape index (κ2) is 9.02. The van der Waals surface area contributed by atoms with Gasteiger partial charge in [-0.05, 0) is 49.8 Å². The van der Waals surface area contributed by atoms with Gasteiger partial charge >= 0.3 is 0 Å². The van der Waals surface area contributed by atoms with Gasteiger partial charge in [0.1, 0.15) is 5.75 Å². The van der Waals surface area contributed by atoms with Gasteiger partial charge in [-0.1, -0.05) is 12.1 Å². The predicted molar refractivity (Wildman–Crippen MR) is 98.5 cm³/mol. The number of hydrogen-bond donors (Lipinski definition) is 1. The molecule has 5 heteroatoms. The Morgan fingerprint density at radius 2 is 2.12 bits per heavy atom. The Morgan fingerprint density at radius 3 is 2.84 bits per heavy atom. The molecule has 1 N–H and O–H groups in total. The Morgan fingerprint density at radius 1 is 1.28 bits per heavy atom. The SMILES string of the molecule is COc1cccc(CN(CCCn2ccnc2)C2CCC(O)CC2)c1. The van der Waals surface area contributed by atoms with Crippen molar-refractivity contribution in [2.45, 2.75) is 57.3 Å². The summed E-state index contributed by atoms with van der Waals surface area (Å²) in [5, 5.41) is 9.82. The number of aryl methyl sites for hydroxylation is 1. The fourth-order valence-electron chi connectivity index (χ4n) is 3.69. The van der Waals surface area contributed by atoms with Gasteiger partial charge in [0.05, 0.1) is 19.5 Å². The van der Waals surface area contributed by atoms with Crippen molar-refractivity contribution in [3.05, 3.63) is 48.5 Å². The highest BCUT2D eigenvalue weighted by molar-refractivity contribution is 5.28. The number of imidazole rings is 1. The van der Waals surface area contributed by atoms with Crippen LogP contribution in [0.1, 0.15) is 37.7 Å². The molecule has 3 rings (SSSR count). The predicted octanol–water partition coefficient (Wildman–Crippen LogP) is 3.09. The molecule has 0 unspecified atom stereocenters. The summed E-state index contributed by atoms with van der Waals surface area (Å²) in [6.45, 7) is 2.97. The van der Waals surface area contributed by atoms with Crippen LogP contribution in [0.5, 0.6) is 5.75 Å². The highest BCUT2D eigenvalue weighted by Gasteiger charge is 2.24. The van der Waals surface area contributed by atoms with Crippen molar-refractivity contribution < 1.29 is 9.84 Å². The van der Waals surface area contributed by atoms with E-state index in [0.29, 0.717) is 6.04 Å². The highest BCUT2D eigenvalue weighted by Crippen LogP contribution is 2.25. The zero-order chi connectivity index (χ0) is 17.5. The van der Waals surface area contributed by atoms with Crippen LogP contribution in [-0.2, 0) is 13.1 Å². The molecule has 0 atom stereocenters. The van der Waals surface area contributed by atoms with Crippen LogP contribution in [0.3, 0.4) is 0 Å². The van der Waals surface area contributed by atoms with Crippen molar-refractivity contribution in [1.82, 2.24) is 14.5 Å². The van der Waals surface area contributed by atoms with Gasteiger partial charge in [0, 0.05) is 38.1 Å². The molecule has 0 saturated heterocycles. The van der Waals surface area contributed by atoms with Crippen LogP contribution in [0.2, 0.25) is 0 Å². The Bertz CT molecular complexity index is 622. The van der Waals surface area contributed by atoms with E-state index in [9.17, 15) is 5.11 Å². The van der Waals surface area contributed by atoms with Gasteiger partial charge in [-0.2, -0.15) is 0 Å². The topological polar surface area (TPSA) is 50.5 Å². The van der Waals surface area contributed by atoms with Crippen molar-refractivity contribution in [3.8, 4) is 5.75 Å². The molecule has 0 radical (unpaired) electrons. The number of aliphatic hydroxyl groups excluding tert-OH is 1. The maximum Gasteiger partial charge on any atom is 0.119 e. The molecule has 1 aliphatic rings. The molecular formula is C20H29N3O2. The fraction of sp³-hybridized carbons (Fsp3) is 0.550. The van der Waals surface area contributed by atoms with Gasteiger partial charge in [0.15, 0.2) is 0 Å². The van der Waals surface area contributed by atoms with E-state index in [1.165, 1.54) is 5.56 Å². The first kappa shape index (κ1) is 18.0. The van der Waals surface area contributed by atoms with Crippen LogP contribution in [0.4, 0.5) is 0 Å². The first-order chi connectivity index (χ1) is 12.2. The van der Waals surface area contributed by atoms with Gasteiger partial charge in [0.2, 0.25) is 0 Å². The monoisotopic (exact) mass is 343 g/mol. The van der Waals surface area contributed by atoms with Crippen molar-refractivity contribution in [2.75, 3.05) is 13.7 Å². The summed E-state index contributed by atoms with van der Waals surface area (Å²) in [4.78, 5) is 6.69. The lowest BCUT2D eigenvalue weighted by Crippen LogP contribution is -2.39. The maximum atomic E-state index is 9.82. The quantitative estimate of drug-likeness (QED) is 0.800. The normalized spacial score (nSPS) is 20.8. The number of aromatic nitrogens is 2. The van der Waals surface area contributed by atoms with E-state index in [-0.39, 0.29) is 6.10 Å². The van der Waals surface area contributed by atoms with Crippen molar-refractivity contribution in [3.63, 3.8) is 0 Å². The third-order valence-electron chi connectivity index (χ3n) is 5.12. The summed E-state index contributed by atoms with van der Waals surface area (Å²) in [5.74, 6) is 0.912. The number of methoxy groups -OCH3 is 1. The molecule has 25 heavy (non-hydrogen) atoms. The number of hydrogen-bond acceptors (Lipinski definition) is 4. The fourth-order valence-corrected chi connectivity index (χ4v) is 3.69. The van der Waals surface area contributed by atoms with E-state index in [4.69, 9.17) is 4.74 Å². The van der Waals surface area contributed by atoms with Gasteiger partial charge in [-0.15, -0.1) is 0 Å². The molecule has 1 fully saturated rings. The first-order valence-corrected chi connectivity index (χ1v) is 9.25. The molecule has 1 aliphatic carbocycles. The van der Waals surface area contributed by atoms with Crippen LogP contribution in [-0.4, -0.2) is 45.4 Å². The van der Waals surface area contributed by atoms with Crippen molar-refractivity contribution in [2.24, 2.45) is 0 Å². The van der Waals surface area contributed by atoms with Gasteiger partial charge in [0.25, 0.3) is 0 Å². The van der Waals surface area contributed by atoms with E-state index in [1.807, 2.05) is 24.8 Å². The second-order valence-electron chi connectivity index (χ2n) is 6.94. The number of ether oxygens (including phenoxy) is 1. The van der Waals surface area contributed by atoms with Crippen LogP contribution in [0.15, 0.2) is 43.0 Å². The highest BCUT2D eigenvalue weighted by atomic mass is 16.5. The largest absolute Gasteiger partial charge is 0.497 e. The third-order valence-corrected chi connectivity index (χ3v) is 5.12. The summed E-state index contributed by atoms with van der Waals surface area (Å²) in [6.07, 6.45) is 10.7. The molecular weight excluding hydrogens is 314 g/mol. The van der Waals surface area contributed by atoms with E-state index < -0.39 is 0 Å². The molecule has 1 heterocycles. The van der Waals surface area contributed by atoms with Crippen molar-refractivity contribution >= 4 is 0 Å². The Kier molecular flexibility index (Phi) is 6.48. The lowest BCUT2D eigenvalue weighted by atomic mass is 9.91. The maximum absolute atomic E-state index is 9.82. The van der Waals surface area contributed by atoms with Gasteiger partial charge in [-0.3, -0.25) is 4.90 Å². The molecule has 1 aromatic carbocycles. The summed E-state index contributed by atoms with van der Waals surface area (Å²) >= 11 is 0. The molecule has 0 bridgehead atoms. The van der Waals surface area contributed by atoms with Crippen LogP contribution >= 0.6 is 0 Å². The summed E-state index contributed by atoms with van der Waals surface area (Å²) in [6, 6.07) is 8.90. The summed E-state index contributed by atoms with van der Waals surface area (Å²) in [7, 11) is 1.71. The molecule has 1 saturated carbocycles.